The zero-order valence-electron chi connectivity index (χ0n) is 15.8. The first-order valence-electron chi connectivity index (χ1n) is 9.47. The number of fused-ring (bicyclic) bond motifs is 1. The number of amides is 1. The van der Waals surface area contributed by atoms with Crippen LogP contribution in [0.5, 0.6) is 0 Å². The molecule has 0 bridgehead atoms. The van der Waals surface area contributed by atoms with Crippen molar-refractivity contribution in [1.29, 1.82) is 0 Å². The van der Waals surface area contributed by atoms with Crippen molar-refractivity contribution < 1.29 is 13.2 Å². The van der Waals surface area contributed by atoms with Crippen molar-refractivity contribution in [1.82, 2.24) is 19.9 Å². The molecule has 3 aromatic rings. The first kappa shape index (κ1) is 20.9. The van der Waals surface area contributed by atoms with Gasteiger partial charge in [0.1, 0.15) is 16.3 Å². The van der Waals surface area contributed by atoms with Crippen LogP contribution in [0.2, 0.25) is 10.0 Å². The molecular formula is C19H19Cl2N5O3S. The number of halogens is 2. The molecule has 0 spiro atoms. The Bertz CT molecular complexity index is 1210. The molecule has 1 aliphatic carbocycles. The molecule has 0 unspecified atom stereocenters. The molecule has 1 fully saturated rings. The Morgan fingerprint density at radius 2 is 1.90 bits per heavy atom. The van der Waals surface area contributed by atoms with Gasteiger partial charge in [-0.3, -0.25) is 9.52 Å². The number of carbonyl (C=O) groups is 1. The number of aromatic nitrogens is 3. The average Bonchev–Trinajstić information content (AvgIpc) is 3.13. The van der Waals surface area contributed by atoms with Crippen LogP contribution >= 0.6 is 23.2 Å². The van der Waals surface area contributed by atoms with Gasteiger partial charge in [0.05, 0.1) is 16.2 Å². The Hall–Kier alpha value is -2.36. The SMILES string of the molecule is O=C(NC1CCCCC1)c1cnn2ccc(NS(=O)(=O)c3cccc(Cl)c3Cl)nc12. The van der Waals surface area contributed by atoms with E-state index in [2.05, 4.69) is 20.1 Å². The highest BCUT2D eigenvalue weighted by Gasteiger charge is 2.23. The molecule has 0 saturated heterocycles. The highest BCUT2D eigenvalue weighted by molar-refractivity contribution is 7.92. The smallest absolute Gasteiger partial charge is 0.264 e. The molecule has 2 heterocycles. The third-order valence-electron chi connectivity index (χ3n) is 5.00. The molecule has 0 aliphatic heterocycles. The van der Waals surface area contributed by atoms with E-state index in [-0.39, 0.29) is 43.9 Å². The standard InChI is InChI=1S/C19H19Cl2N5O3S/c20-14-7-4-8-15(17(14)21)30(28,29)25-16-9-10-26-18(24-16)13(11-22-26)19(27)23-12-5-2-1-3-6-12/h4,7-12H,1-3,5-6H2,(H,23,27)(H,24,25). The molecule has 11 heteroatoms. The summed E-state index contributed by atoms with van der Waals surface area (Å²) in [6, 6.07) is 5.91. The fourth-order valence-electron chi connectivity index (χ4n) is 3.48. The largest absolute Gasteiger partial charge is 0.349 e. The number of benzene rings is 1. The van der Waals surface area contributed by atoms with Crippen molar-refractivity contribution in [2.75, 3.05) is 4.72 Å². The Balaban J connectivity index is 1.61. The molecule has 2 aromatic heterocycles. The highest BCUT2D eigenvalue weighted by atomic mass is 35.5. The van der Waals surface area contributed by atoms with Crippen LogP contribution in [-0.4, -0.2) is 35.0 Å². The van der Waals surface area contributed by atoms with Crippen molar-refractivity contribution in [3.05, 3.63) is 52.3 Å². The summed E-state index contributed by atoms with van der Waals surface area (Å²) in [6.45, 7) is 0. The fourth-order valence-corrected chi connectivity index (χ4v) is 5.24. The molecule has 8 nitrogen and oxygen atoms in total. The minimum Gasteiger partial charge on any atom is -0.349 e. The summed E-state index contributed by atoms with van der Waals surface area (Å²) in [6.07, 6.45) is 8.22. The van der Waals surface area contributed by atoms with Gasteiger partial charge in [0.25, 0.3) is 15.9 Å². The molecule has 0 radical (unpaired) electrons. The Morgan fingerprint density at radius 1 is 1.13 bits per heavy atom. The zero-order valence-corrected chi connectivity index (χ0v) is 18.1. The quantitative estimate of drug-likeness (QED) is 0.591. The van der Waals surface area contributed by atoms with Gasteiger partial charge in [-0.25, -0.2) is 17.9 Å². The van der Waals surface area contributed by atoms with Crippen molar-refractivity contribution >= 4 is 50.6 Å². The van der Waals surface area contributed by atoms with Crippen LogP contribution in [0.3, 0.4) is 0 Å². The second-order valence-electron chi connectivity index (χ2n) is 7.11. The molecule has 1 amide bonds. The van der Waals surface area contributed by atoms with Crippen molar-refractivity contribution in [3.63, 3.8) is 0 Å². The molecule has 4 rings (SSSR count). The molecule has 0 atom stereocenters. The summed E-state index contributed by atoms with van der Waals surface area (Å²) >= 11 is 12.0. The number of nitrogens with one attached hydrogen (secondary N) is 2. The Morgan fingerprint density at radius 3 is 2.67 bits per heavy atom. The number of sulfonamides is 1. The van der Waals surface area contributed by atoms with E-state index in [1.54, 1.807) is 0 Å². The van der Waals surface area contributed by atoms with Crippen LogP contribution in [-0.2, 0) is 10.0 Å². The number of hydrogen-bond acceptors (Lipinski definition) is 5. The second-order valence-corrected chi connectivity index (χ2v) is 9.54. The molecule has 1 saturated carbocycles. The first-order valence-corrected chi connectivity index (χ1v) is 11.7. The lowest BCUT2D eigenvalue weighted by molar-refractivity contribution is 0.0929. The van der Waals surface area contributed by atoms with E-state index in [4.69, 9.17) is 23.2 Å². The van der Waals surface area contributed by atoms with Crippen LogP contribution in [0.25, 0.3) is 5.65 Å². The monoisotopic (exact) mass is 467 g/mol. The van der Waals surface area contributed by atoms with E-state index in [0.717, 1.165) is 25.7 Å². The summed E-state index contributed by atoms with van der Waals surface area (Å²) in [7, 11) is -4.03. The van der Waals surface area contributed by atoms with Crippen molar-refractivity contribution in [3.8, 4) is 0 Å². The first-order chi connectivity index (χ1) is 14.3. The molecular weight excluding hydrogens is 449 g/mol. The van der Waals surface area contributed by atoms with Gasteiger partial charge in [0.2, 0.25) is 0 Å². The van der Waals surface area contributed by atoms with Crippen molar-refractivity contribution in [2.24, 2.45) is 0 Å². The van der Waals surface area contributed by atoms with E-state index < -0.39 is 10.0 Å². The maximum absolute atomic E-state index is 12.7. The van der Waals surface area contributed by atoms with E-state index in [1.807, 2.05) is 0 Å². The van der Waals surface area contributed by atoms with E-state index >= 15 is 0 Å². The number of hydrogen-bond donors (Lipinski definition) is 2. The number of anilines is 1. The predicted molar refractivity (Wildman–Crippen MR) is 115 cm³/mol. The molecule has 158 valence electrons. The summed E-state index contributed by atoms with van der Waals surface area (Å²) < 4.78 is 29.3. The average molecular weight is 468 g/mol. The maximum Gasteiger partial charge on any atom is 0.264 e. The van der Waals surface area contributed by atoms with E-state index in [0.29, 0.717) is 0 Å². The maximum atomic E-state index is 12.7. The van der Waals surface area contributed by atoms with Gasteiger partial charge in [0, 0.05) is 12.2 Å². The lowest BCUT2D eigenvalue weighted by atomic mass is 9.95. The third-order valence-corrected chi connectivity index (χ3v) is 7.33. The zero-order chi connectivity index (χ0) is 21.3. The minimum absolute atomic E-state index is 0.0331. The topological polar surface area (TPSA) is 105 Å². The lowest BCUT2D eigenvalue weighted by Gasteiger charge is -2.22. The van der Waals surface area contributed by atoms with Gasteiger partial charge in [0.15, 0.2) is 5.65 Å². The lowest BCUT2D eigenvalue weighted by Crippen LogP contribution is -2.36. The molecule has 30 heavy (non-hydrogen) atoms. The predicted octanol–water partition coefficient (Wildman–Crippen LogP) is 3.90. The number of nitrogens with zero attached hydrogens (tertiary/aromatic N) is 3. The normalized spacial score (nSPS) is 15.3. The number of rotatable bonds is 5. The van der Waals surface area contributed by atoms with Gasteiger partial charge < -0.3 is 5.32 Å². The minimum atomic E-state index is -4.03. The summed E-state index contributed by atoms with van der Waals surface area (Å²) in [5.74, 6) is -0.243. The van der Waals surface area contributed by atoms with Crippen LogP contribution in [0, 0.1) is 0 Å². The van der Waals surface area contributed by atoms with Gasteiger partial charge in [-0.2, -0.15) is 5.10 Å². The van der Waals surface area contributed by atoms with Gasteiger partial charge >= 0.3 is 0 Å². The fraction of sp³-hybridized carbons (Fsp3) is 0.316. The van der Waals surface area contributed by atoms with Gasteiger partial charge in [-0.05, 0) is 31.0 Å². The van der Waals surface area contributed by atoms with Crippen LogP contribution in [0.15, 0.2) is 41.6 Å². The molecule has 1 aliphatic rings. The summed E-state index contributed by atoms with van der Waals surface area (Å²) in [4.78, 5) is 16.8. The van der Waals surface area contributed by atoms with Crippen LogP contribution in [0.4, 0.5) is 5.82 Å². The van der Waals surface area contributed by atoms with Crippen molar-refractivity contribution in [2.45, 2.75) is 43.0 Å². The van der Waals surface area contributed by atoms with E-state index in [1.165, 1.54) is 47.6 Å². The summed E-state index contributed by atoms with van der Waals surface area (Å²) in [5, 5.41) is 7.20. The van der Waals surface area contributed by atoms with Gasteiger partial charge in [-0.15, -0.1) is 0 Å². The third kappa shape index (κ3) is 4.23. The Labute approximate surface area is 183 Å². The van der Waals surface area contributed by atoms with Crippen LogP contribution in [0.1, 0.15) is 42.5 Å². The summed E-state index contributed by atoms with van der Waals surface area (Å²) in [5.41, 5.74) is 0.531. The molecule has 2 N–H and O–H groups in total. The highest BCUT2D eigenvalue weighted by Crippen LogP contribution is 2.30. The second kappa shape index (κ2) is 8.41. The van der Waals surface area contributed by atoms with Crippen LogP contribution < -0.4 is 10.0 Å². The number of carbonyl (C=O) groups excluding carboxylic acids is 1. The van der Waals surface area contributed by atoms with E-state index in [9.17, 15) is 13.2 Å². The molecule has 1 aromatic carbocycles. The Kier molecular flexibility index (Phi) is 5.86. The van der Waals surface area contributed by atoms with Gasteiger partial charge in [-0.1, -0.05) is 48.5 Å².